The summed E-state index contributed by atoms with van der Waals surface area (Å²) in [7, 11) is 0. The van der Waals surface area contributed by atoms with E-state index in [1.807, 2.05) is 30.3 Å². The molecule has 0 N–H and O–H groups in total. The lowest BCUT2D eigenvalue weighted by atomic mass is 10.1. The molecule has 0 aliphatic carbocycles. The molecule has 2 aromatic rings. The SMILES string of the molecule is Clc1ccc(-c2cc(N3CCOCC3)nc(Cl)n2)cc1. The summed E-state index contributed by atoms with van der Waals surface area (Å²) < 4.78 is 5.35. The molecule has 0 spiro atoms. The van der Waals surface area contributed by atoms with Gasteiger partial charge in [-0.05, 0) is 23.7 Å². The minimum absolute atomic E-state index is 0.249. The highest BCUT2D eigenvalue weighted by Crippen LogP contribution is 2.25. The van der Waals surface area contributed by atoms with Crippen LogP contribution in [0.25, 0.3) is 11.3 Å². The van der Waals surface area contributed by atoms with Gasteiger partial charge in [-0.3, -0.25) is 0 Å². The van der Waals surface area contributed by atoms with Crippen LogP contribution in [0.1, 0.15) is 0 Å². The van der Waals surface area contributed by atoms with E-state index in [-0.39, 0.29) is 5.28 Å². The van der Waals surface area contributed by atoms with Crippen LogP contribution < -0.4 is 4.90 Å². The van der Waals surface area contributed by atoms with Crippen molar-refractivity contribution in [3.05, 3.63) is 40.6 Å². The molecule has 0 radical (unpaired) electrons. The Labute approximate surface area is 127 Å². The van der Waals surface area contributed by atoms with Crippen LogP contribution in [0.5, 0.6) is 0 Å². The van der Waals surface area contributed by atoms with E-state index in [2.05, 4.69) is 14.9 Å². The molecule has 1 fully saturated rings. The average molecular weight is 310 g/mol. The van der Waals surface area contributed by atoms with E-state index < -0.39 is 0 Å². The second-order valence-electron chi connectivity index (χ2n) is 4.49. The summed E-state index contributed by atoms with van der Waals surface area (Å²) in [6.07, 6.45) is 0. The Morgan fingerprint density at radius 1 is 1.00 bits per heavy atom. The molecule has 104 valence electrons. The van der Waals surface area contributed by atoms with Crippen LogP contribution in [-0.4, -0.2) is 36.3 Å². The Morgan fingerprint density at radius 3 is 2.40 bits per heavy atom. The number of benzene rings is 1. The lowest BCUT2D eigenvalue weighted by molar-refractivity contribution is 0.122. The fourth-order valence-corrected chi connectivity index (χ4v) is 2.43. The van der Waals surface area contributed by atoms with Gasteiger partial charge < -0.3 is 9.64 Å². The van der Waals surface area contributed by atoms with Crippen LogP contribution in [0.3, 0.4) is 0 Å². The Kier molecular flexibility index (Phi) is 4.05. The molecule has 1 aromatic heterocycles. The number of anilines is 1. The molecule has 0 unspecified atom stereocenters. The molecule has 1 saturated heterocycles. The van der Waals surface area contributed by atoms with Gasteiger partial charge in [0.05, 0.1) is 18.9 Å². The molecule has 6 heteroatoms. The first-order chi connectivity index (χ1) is 9.72. The molecule has 1 aliphatic rings. The van der Waals surface area contributed by atoms with Crippen molar-refractivity contribution >= 4 is 29.0 Å². The molecule has 0 amide bonds. The van der Waals surface area contributed by atoms with Gasteiger partial charge in [-0.15, -0.1) is 0 Å². The van der Waals surface area contributed by atoms with Crippen LogP contribution in [0, 0.1) is 0 Å². The lowest BCUT2D eigenvalue weighted by Crippen LogP contribution is -2.36. The quantitative estimate of drug-likeness (QED) is 0.798. The van der Waals surface area contributed by atoms with Gasteiger partial charge in [0.25, 0.3) is 0 Å². The Hall–Kier alpha value is -1.36. The molecule has 0 atom stereocenters. The minimum atomic E-state index is 0.249. The van der Waals surface area contributed by atoms with E-state index in [9.17, 15) is 0 Å². The third-order valence-corrected chi connectivity index (χ3v) is 3.58. The standard InChI is InChI=1S/C14H13Cl2N3O/c15-11-3-1-10(2-4-11)12-9-13(18-14(16)17-12)19-5-7-20-8-6-19/h1-4,9H,5-8H2. The van der Waals surface area contributed by atoms with Crippen molar-refractivity contribution in [1.82, 2.24) is 9.97 Å². The summed E-state index contributed by atoms with van der Waals surface area (Å²) in [5.41, 5.74) is 1.76. The van der Waals surface area contributed by atoms with Crippen molar-refractivity contribution in [2.75, 3.05) is 31.2 Å². The van der Waals surface area contributed by atoms with E-state index in [1.165, 1.54) is 0 Å². The van der Waals surface area contributed by atoms with Crippen molar-refractivity contribution in [1.29, 1.82) is 0 Å². The molecular formula is C14H13Cl2N3O. The van der Waals surface area contributed by atoms with Gasteiger partial charge in [-0.2, -0.15) is 0 Å². The first-order valence-corrected chi connectivity index (χ1v) is 7.11. The van der Waals surface area contributed by atoms with Crippen molar-refractivity contribution in [2.45, 2.75) is 0 Å². The molecule has 0 saturated carbocycles. The lowest BCUT2D eigenvalue weighted by Gasteiger charge is -2.28. The van der Waals surface area contributed by atoms with E-state index in [0.29, 0.717) is 18.2 Å². The summed E-state index contributed by atoms with van der Waals surface area (Å²) in [5.74, 6) is 0.832. The van der Waals surface area contributed by atoms with Gasteiger partial charge >= 0.3 is 0 Å². The third-order valence-electron chi connectivity index (χ3n) is 3.16. The second kappa shape index (κ2) is 5.95. The van der Waals surface area contributed by atoms with Crippen molar-refractivity contribution in [3.8, 4) is 11.3 Å². The van der Waals surface area contributed by atoms with E-state index in [1.54, 1.807) is 0 Å². The van der Waals surface area contributed by atoms with Crippen molar-refractivity contribution < 1.29 is 4.74 Å². The average Bonchev–Trinajstić information content (AvgIpc) is 2.48. The largest absolute Gasteiger partial charge is 0.378 e. The number of hydrogen-bond acceptors (Lipinski definition) is 4. The van der Waals surface area contributed by atoms with Crippen LogP contribution in [-0.2, 0) is 4.74 Å². The van der Waals surface area contributed by atoms with Gasteiger partial charge in [-0.25, -0.2) is 9.97 Å². The summed E-state index contributed by atoms with van der Waals surface area (Å²) in [6, 6.07) is 9.46. The van der Waals surface area contributed by atoms with Crippen LogP contribution in [0.15, 0.2) is 30.3 Å². The van der Waals surface area contributed by atoms with Gasteiger partial charge in [-0.1, -0.05) is 23.7 Å². The van der Waals surface area contributed by atoms with E-state index in [4.69, 9.17) is 27.9 Å². The maximum absolute atomic E-state index is 6.04. The molecule has 2 heterocycles. The zero-order chi connectivity index (χ0) is 13.9. The normalized spacial score (nSPS) is 15.4. The first-order valence-electron chi connectivity index (χ1n) is 6.35. The molecule has 1 aliphatic heterocycles. The number of hydrogen-bond donors (Lipinski definition) is 0. The molecule has 4 nitrogen and oxygen atoms in total. The zero-order valence-electron chi connectivity index (χ0n) is 10.7. The fourth-order valence-electron chi connectivity index (χ4n) is 2.13. The summed E-state index contributed by atoms with van der Waals surface area (Å²) in [4.78, 5) is 10.7. The molecule has 1 aromatic carbocycles. The minimum Gasteiger partial charge on any atom is -0.378 e. The van der Waals surface area contributed by atoms with E-state index in [0.717, 1.165) is 30.2 Å². The highest BCUT2D eigenvalue weighted by molar-refractivity contribution is 6.30. The predicted octanol–water partition coefficient (Wildman–Crippen LogP) is 3.29. The summed E-state index contributed by atoms with van der Waals surface area (Å²) in [6.45, 7) is 3.04. The smallest absolute Gasteiger partial charge is 0.224 e. The number of ether oxygens (including phenoxy) is 1. The summed E-state index contributed by atoms with van der Waals surface area (Å²) in [5, 5.41) is 0.946. The summed E-state index contributed by atoms with van der Waals surface area (Å²) >= 11 is 11.9. The second-order valence-corrected chi connectivity index (χ2v) is 5.26. The van der Waals surface area contributed by atoms with Crippen molar-refractivity contribution in [2.24, 2.45) is 0 Å². The topological polar surface area (TPSA) is 38.2 Å². The number of rotatable bonds is 2. The van der Waals surface area contributed by atoms with Crippen LogP contribution in [0.4, 0.5) is 5.82 Å². The third kappa shape index (κ3) is 3.03. The zero-order valence-corrected chi connectivity index (χ0v) is 12.2. The fraction of sp³-hybridized carbons (Fsp3) is 0.286. The monoisotopic (exact) mass is 309 g/mol. The maximum Gasteiger partial charge on any atom is 0.224 e. The Bertz CT molecular complexity index is 598. The van der Waals surface area contributed by atoms with Crippen molar-refractivity contribution in [3.63, 3.8) is 0 Å². The van der Waals surface area contributed by atoms with Gasteiger partial charge in [0, 0.05) is 29.7 Å². The molecule has 20 heavy (non-hydrogen) atoms. The molecule has 0 bridgehead atoms. The van der Waals surface area contributed by atoms with E-state index >= 15 is 0 Å². The number of nitrogens with zero attached hydrogens (tertiary/aromatic N) is 3. The van der Waals surface area contributed by atoms with Crippen LogP contribution in [0.2, 0.25) is 10.3 Å². The predicted molar refractivity (Wildman–Crippen MR) is 80.5 cm³/mol. The number of aromatic nitrogens is 2. The highest BCUT2D eigenvalue weighted by Gasteiger charge is 2.15. The molecular weight excluding hydrogens is 297 g/mol. The number of morpholine rings is 1. The van der Waals surface area contributed by atoms with Crippen LogP contribution >= 0.6 is 23.2 Å². The Balaban J connectivity index is 1.95. The maximum atomic E-state index is 6.04. The Morgan fingerprint density at radius 2 is 1.70 bits per heavy atom. The number of halogens is 2. The first kappa shape index (κ1) is 13.6. The van der Waals surface area contributed by atoms with Gasteiger partial charge in [0.1, 0.15) is 5.82 Å². The highest BCUT2D eigenvalue weighted by atomic mass is 35.5. The van der Waals surface area contributed by atoms with Gasteiger partial charge in [0.15, 0.2) is 0 Å². The van der Waals surface area contributed by atoms with Gasteiger partial charge in [0.2, 0.25) is 5.28 Å². The molecule has 3 rings (SSSR count).